The van der Waals surface area contributed by atoms with Gasteiger partial charge in [0.1, 0.15) is 5.76 Å². The minimum atomic E-state index is -0.574. The topological polar surface area (TPSA) is 101 Å². The van der Waals surface area contributed by atoms with Crippen LogP contribution in [0.4, 0.5) is 5.82 Å². The summed E-state index contributed by atoms with van der Waals surface area (Å²) in [6, 6.07) is 1.03. The average molecular weight is 300 g/mol. The maximum absolute atomic E-state index is 11.9. The molecule has 0 saturated carbocycles. The molecule has 2 amide bonds. The van der Waals surface area contributed by atoms with Gasteiger partial charge in [0.2, 0.25) is 11.8 Å². The lowest BCUT2D eigenvalue weighted by atomic mass is 10.2. The highest BCUT2D eigenvalue weighted by atomic mass is 32.2. The van der Waals surface area contributed by atoms with Crippen LogP contribution in [0.1, 0.15) is 12.2 Å². The van der Waals surface area contributed by atoms with E-state index in [-0.39, 0.29) is 18.4 Å². The largest absolute Gasteiger partial charge is 0.360 e. The van der Waals surface area contributed by atoms with Crippen LogP contribution in [0, 0.1) is 6.92 Å². The molecule has 20 heavy (non-hydrogen) atoms. The van der Waals surface area contributed by atoms with Crippen molar-refractivity contribution in [1.82, 2.24) is 10.1 Å². The lowest BCUT2D eigenvalue weighted by Gasteiger charge is -2.20. The van der Waals surface area contributed by atoms with Gasteiger partial charge in [-0.05, 0) is 25.4 Å². The molecule has 112 valence electrons. The van der Waals surface area contributed by atoms with Gasteiger partial charge in [0, 0.05) is 13.1 Å². The summed E-state index contributed by atoms with van der Waals surface area (Å²) in [6.45, 7) is 1.65. The highest BCUT2D eigenvalue weighted by Gasteiger charge is 2.20. The maximum atomic E-state index is 11.9. The minimum Gasteiger partial charge on any atom is -0.360 e. The second kappa shape index (κ2) is 7.91. The second-order valence-electron chi connectivity index (χ2n) is 4.45. The molecule has 0 bridgehead atoms. The fraction of sp³-hybridized carbons (Fsp3) is 0.583. The predicted molar refractivity (Wildman–Crippen MR) is 78.5 cm³/mol. The van der Waals surface area contributed by atoms with Crippen LogP contribution in [0.5, 0.6) is 0 Å². The van der Waals surface area contributed by atoms with Crippen molar-refractivity contribution in [1.29, 1.82) is 0 Å². The number of nitrogens with zero attached hydrogens (tertiary/aromatic N) is 2. The third-order valence-electron chi connectivity index (χ3n) is 2.60. The van der Waals surface area contributed by atoms with E-state index in [4.69, 9.17) is 10.3 Å². The Morgan fingerprint density at radius 1 is 1.60 bits per heavy atom. The van der Waals surface area contributed by atoms with E-state index in [9.17, 15) is 9.59 Å². The summed E-state index contributed by atoms with van der Waals surface area (Å²) in [7, 11) is 1.55. The molecule has 3 N–H and O–H groups in total. The monoisotopic (exact) mass is 300 g/mol. The van der Waals surface area contributed by atoms with Gasteiger partial charge in [0.25, 0.3) is 0 Å². The van der Waals surface area contributed by atoms with E-state index < -0.39 is 6.04 Å². The number of thioether (sulfide) groups is 1. The number of nitrogens with two attached hydrogens (primary N) is 1. The predicted octanol–water partition coefficient (Wildman–Crippen LogP) is 0.460. The molecule has 0 aromatic carbocycles. The molecule has 0 radical (unpaired) electrons. The number of nitrogens with one attached hydrogen (secondary N) is 1. The van der Waals surface area contributed by atoms with Gasteiger partial charge in [-0.3, -0.25) is 9.59 Å². The quantitative estimate of drug-likeness (QED) is 0.758. The van der Waals surface area contributed by atoms with Gasteiger partial charge in [-0.1, -0.05) is 5.16 Å². The molecule has 8 heteroatoms. The fourth-order valence-electron chi connectivity index (χ4n) is 1.55. The number of hydrogen-bond acceptors (Lipinski definition) is 6. The van der Waals surface area contributed by atoms with E-state index in [2.05, 4.69) is 10.5 Å². The number of amides is 2. The first-order valence-electron chi connectivity index (χ1n) is 6.16. The average Bonchev–Trinajstić information content (AvgIpc) is 2.79. The first-order valence-corrected chi connectivity index (χ1v) is 7.56. The Balaban J connectivity index is 2.42. The van der Waals surface area contributed by atoms with Crippen molar-refractivity contribution in [3.8, 4) is 0 Å². The van der Waals surface area contributed by atoms with Crippen LogP contribution >= 0.6 is 11.8 Å². The number of aromatic nitrogens is 1. The lowest BCUT2D eigenvalue weighted by molar-refractivity contribution is -0.134. The number of likely N-dealkylation sites (N-methyl/N-ethyl adjacent to an activating group) is 1. The maximum Gasteiger partial charge on any atom is 0.245 e. The molecule has 1 rings (SSSR count). The van der Waals surface area contributed by atoms with E-state index in [1.165, 1.54) is 4.90 Å². The van der Waals surface area contributed by atoms with Crippen LogP contribution in [0.25, 0.3) is 0 Å². The van der Waals surface area contributed by atoms with Gasteiger partial charge in [-0.25, -0.2) is 0 Å². The van der Waals surface area contributed by atoms with Gasteiger partial charge >= 0.3 is 0 Å². The van der Waals surface area contributed by atoms with Gasteiger partial charge in [-0.2, -0.15) is 11.8 Å². The SMILES string of the molecule is CSCC[C@@H](N)C(=O)N(C)CC(=O)Nc1cc(C)on1. The number of anilines is 1. The molecule has 0 aliphatic carbocycles. The van der Waals surface area contributed by atoms with Gasteiger partial charge in [0.05, 0.1) is 12.6 Å². The molecule has 0 aliphatic rings. The molecular weight excluding hydrogens is 280 g/mol. The molecule has 1 heterocycles. The Morgan fingerprint density at radius 3 is 2.85 bits per heavy atom. The summed E-state index contributed by atoms with van der Waals surface area (Å²) in [5.41, 5.74) is 5.77. The molecule has 1 atom stereocenters. The summed E-state index contributed by atoms with van der Waals surface area (Å²) in [5, 5.41) is 6.19. The standard InChI is InChI=1S/C12H20N4O3S/c1-8-6-10(15-19-8)14-11(17)7-16(2)12(18)9(13)4-5-20-3/h6,9H,4-5,7,13H2,1-3H3,(H,14,15,17)/t9-/m1/s1. The molecule has 0 fully saturated rings. The van der Waals surface area contributed by atoms with E-state index >= 15 is 0 Å². The van der Waals surface area contributed by atoms with Crippen LogP contribution in [0.3, 0.4) is 0 Å². The Morgan fingerprint density at radius 2 is 2.30 bits per heavy atom. The second-order valence-corrected chi connectivity index (χ2v) is 5.44. The Labute approximate surface area is 122 Å². The van der Waals surface area contributed by atoms with E-state index in [0.29, 0.717) is 18.0 Å². The van der Waals surface area contributed by atoms with E-state index in [1.54, 1.807) is 31.8 Å². The Kier molecular flexibility index (Phi) is 6.53. The van der Waals surface area contributed by atoms with Gasteiger partial charge < -0.3 is 20.5 Å². The zero-order chi connectivity index (χ0) is 15.1. The number of hydrogen-bond donors (Lipinski definition) is 2. The third-order valence-corrected chi connectivity index (χ3v) is 3.25. The van der Waals surface area contributed by atoms with Gasteiger partial charge in [-0.15, -0.1) is 0 Å². The van der Waals surface area contributed by atoms with Crippen molar-refractivity contribution in [2.75, 3.05) is 30.9 Å². The smallest absolute Gasteiger partial charge is 0.245 e. The van der Waals surface area contributed by atoms with Crippen LogP contribution in [-0.2, 0) is 9.59 Å². The zero-order valence-corrected chi connectivity index (χ0v) is 12.7. The summed E-state index contributed by atoms with van der Waals surface area (Å²) < 4.78 is 4.83. The Bertz CT molecular complexity index is 463. The molecule has 0 aliphatic heterocycles. The van der Waals surface area contributed by atoms with Crippen molar-refractivity contribution in [3.05, 3.63) is 11.8 Å². The molecule has 0 spiro atoms. The van der Waals surface area contributed by atoms with Gasteiger partial charge in [0.15, 0.2) is 5.82 Å². The Hall–Kier alpha value is -1.54. The van der Waals surface area contributed by atoms with Crippen molar-refractivity contribution in [2.24, 2.45) is 5.73 Å². The molecule has 7 nitrogen and oxygen atoms in total. The number of aryl methyl sites for hydroxylation is 1. The number of carbonyl (C=O) groups excluding carboxylic acids is 2. The highest BCUT2D eigenvalue weighted by molar-refractivity contribution is 7.98. The normalized spacial score (nSPS) is 12.0. The van der Waals surface area contributed by atoms with Crippen LogP contribution < -0.4 is 11.1 Å². The third kappa shape index (κ3) is 5.22. The van der Waals surface area contributed by atoms with E-state index in [1.807, 2.05) is 6.26 Å². The molecular formula is C12H20N4O3S. The first-order chi connectivity index (χ1) is 9.43. The zero-order valence-electron chi connectivity index (χ0n) is 11.9. The first kappa shape index (κ1) is 16.5. The fourth-order valence-corrected chi connectivity index (χ4v) is 2.04. The number of carbonyl (C=O) groups is 2. The highest BCUT2D eigenvalue weighted by Crippen LogP contribution is 2.07. The van der Waals surface area contributed by atoms with E-state index in [0.717, 1.165) is 5.75 Å². The molecule has 0 saturated heterocycles. The lowest BCUT2D eigenvalue weighted by Crippen LogP contribution is -2.45. The molecule has 1 aromatic heterocycles. The summed E-state index contributed by atoms with van der Waals surface area (Å²) in [4.78, 5) is 25.0. The summed E-state index contributed by atoms with van der Waals surface area (Å²) in [6.07, 6.45) is 2.54. The van der Waals surface area contributed by atoms with Crippen LogP contribution in [-0.4, -0.2) is 53.5 Å². The van der Waals surface area contributed by atoms with Crippen molar-refractivity contribution < 1.29 is 14.1 Å². The summed E-state index contributed by atoms with van der Waals surface area (Å²) >= 11 is 1.63. The minimum absolute atomic E-state index is 0.0717. The van der Waals surface area contributed by atoms with Crippen molar-refractivity contribution in [3.63, 3.8) is 0 Å². The van der Waals surface area contributed by atoms with Crippen LogP contribution in [0.2, 0.25) is 0 Å². The molecule has 1 aromatic rings. The molecule has 0 unspecified atom stereocenters. The van der Waals surface area contributed by atoms with Crippen LogP contribution in [0.15, 0.2) is 10.6 Å². The van der Waals surface area contributed by atoms with Crippen molar-refractivity contribution >= 4 is 29.4 Å². The summed E-state index contributed by atoms with van der Waals surface area (Å²) in [5.74, 6) is 1.16. The number of rotatable bonds is 7. The van der Waals surface area contributed by atoms with Crippen molar-refractivity contribution in [2.45, 2.75) is 19.4 Å².